The Labute approximate surface area is 116 Å². The van der Waals surface area contributed by atoms with Gasteiger partial charge in [-0.1, -0.05) is 53.5 Å². The van der Waals surface area contributed by atoms with E-state index in [-0.39, 0.29) is 5.78 Å². The van der Waals surface area contributed by atoms with E-state index < -0.39 is 0 Å². The normalized spacial score (nSPS) is 10.8. The standard InChI is InChI=1S/C15H10Cl2O/c16-13-7-8-14(17)12(10-13)6-9-15(18)11-4-2-1-3-5-11/h1-10H. The summed E-state index contributed by atoms with van der Waals surface area (Å²) in [4.78, 5) is 11.9. The maximum absolute atomic E-state index is 11.9. The molecule has 18 heavy (non-hydrogen) atoms. The van der Waals surface area contributed by atoms with Crippen LogP contribution in [0.5, 0.6) is 0 Å². The molecule has 90 valence electrons. The average molecular weight is 277 g/mol. The van der Waals surface area contributed by atoms with Gasteiger partial charge in [0.15, 0.2) is 5.78 Å². The highest BCUT2D eigenvalue weighted by Crippen LogP contribution is 2.21. The van der Waals surface area contributed by atoms with Gasteiger partial charge in [0.25, 0.3) is 0 Å². The Bertz CT molecular complexity index is 589. The van der Waals surface area contributed by atoms with E-state index in [0.717, 1.165) is 5.56 Å². The molecule has 0 heterocycles. The zero-order chi connectivity index (χ0) is 13.0. The lowest BCUT2D eigenvalue weighted by atomic mass is 10.1. The third-order valence-electron chi connectivity index (χ3n) is 2.43. The number of carbonyl (C=O) groups excluding carboxylic acids is 1. The predicted octanol–water partition coefficient (Wildman–Crippen LogP) is 4.89. The summed E-state index contributed by atoms with van der Waals surface area (Å²) in [5, 5.41) is 1.16. The molecule has 0 saturated carbocycles. The van der Waals surface area contributed by atoms with E-state index >= 15 is 0 Å². The molecule has 2 aromatic rings. The number of hydrogen-bond donors (Lipinski definition) is 0. The van der Waals surface area contributed by atoms with Crippen molar-refractivity contribution < 1.29 is 4.79 Å². The number of hydrogen-bond acceptors (Lipinski definition) is 1. The SMILES string of the molecule is O=C(C=Cc1cc(Cl)ccc1Cl)c1ccccc1. The Morgan fingerprint density at radius 1 is 1.00 bits per heavy atom. The van der Waals surface area contributed by atoms with Gasteiger partial charge >= 0.3 is 0 Å². The van der Waals surface area contributed by atoms with E-state index in [1.165, 1.54) is 6.08 Å². The summed E-state index contributed by atoms with van der Waals surface area (Å²) in [6.07, 6.45) is 3.16. The molecule has 0 aliphatic rings. The van der Waals surface area contributed by atoms with Crippen molar-refractivity contribution in [3.05, 3.63) is 75.8 Å². The molecule has 0 bridgehead atoms. The molecule has 0 spiro atoms. The Balaban J connectivity index is 2.21. The van der Waals surface area contributed by atoms with Crippen LogP contribution in [0.2, 0.25) is 10.0 Å². The van der Waals surface area contributed by atoms with Crippen molar-refractivity contribution in [1.82, 2.24) is 0 Å². The van der Waals surface area contributed by atoms with Crippen LogP contribution in [-0.2, 0) is 0 Å². The first-order chi connectivity index (χ1) is 8.66. The second-order valence-electron chi connectivity index (χ2n) is 3.73. The monoisotopic (exact) mass is 276 g/mol. The van der Waals surface area contributed by atoms with E-state index in [1.807, 2.05) is 18.2 Å². The maximum atomic E-state index is 11.9. The molecule has 0 aromatic heterocycles. The van der Waals surface area contributed by atoms with Crippen molar-refractivity contribution in [2.75, 3.05) is 0 Å². The maximum Gasteiger partial charge on any atom is 0.185 e. The van der Waals surface area contributed by atoms with Gasteiger partial charge in [-0.25, -0.2) is 0 Å². The van der Waals surface area contributed by atoms with Gasteiger partial charge in [-0.3, -0.25) is 4.79 Å². The Morgan fingerprint density at radius 2 is 1.72 bits per heavy atom. The molecule has 2 aromatic carbocycles. The Morgan fingerprint density at radius 3 is 2.44 bits per heavy atom. The summed E-state index contributed by atoms with van der Waals surface area (Å²) >= 11 is 11.9. The van der Waals surface area contributed by atoms with Crippen LogP contribution in [0, 0.1) is 0 Å². The first-order valence-electron chi connectivity index (χ1n) is 5.39. The first kappa shape index (κ1) is 12.9. The number of allylic oxidation sites excluding steroid dienone is 1. The van der Waals surface area contributed by atoms with Crippen LogP contribution in [0.1, 0.15) is 15.9 Å². The van der Waals surface area contributed by atoms with Gasteiger partial charge in [-0.15, -0.1) is 0 Å². The van der Waals surface area contributed by atoms with Gasteiger partial charge in [0.2, 0.25) is 0 Å². The zero-order valence-electron chi connectivity index (χ0n) is 9.44. The number of halogens is 2. The molecule has 0 N–H and O–H groups in total. The molecule has 0 aliphatic carbocycles. The van der Waals surface area contributed by atoms with E-state index in [9.17, 15) is 4.79 Å². The predicted molar refractivity (Wildman–Crippen MR) is 76.3 cm³/mol. The number of benzene rings is 2. The van der Waals surface area contributed by atoms with Crippen molar-refractivity contribution in [1.29, 1.82) is 0 Å². The van der Waals surface area contributed by atoms with E-state index in [4.69, 9.17) is 23.2 Å². The van der Waals surface area contributed by atoms with Crippen molar-refractivity contribution >= 4 is 35.1 Å². The molecular formula is C15H10Cl2O. The van der Waals surface area contributed by atoms with Crippen LogP contribution < -0.4 is 0 Å². The molecular weight excluding hydrogens is 267 g/mol. The van der Waals surface area contributed by atoms with Crippen LogP contribution >= 0.6 is 23.2 Å². The van der Waals surface area contributed by atoms with Crippen molar-refractivity contribution in [3.8, 4) is 0 Å². The zero-order valence-corrected chi connectivity index (χ0v) is 10.9. The molecule has 0 atom stereocenters. The summed E-state index contributed by atoms with van der Waals surface area (Å²) in [6.45, 7) is 0. The summed E-state index contributed by atoms with van der Waals surface area (Å²) < 4.78 is 0. The lowest BCUT2D eigenvalue weighted by Crippen LogP contribution is -1.92. The summed E-state index contributed by atoms with van der Waals surface area (Å²) in [7, 11) is 0. The molecule has 2 rings (SSSR count). The van der Waals surface area contributed by atoms with Crippen molar-refractivity contribution in [2.24, 2.45) is 0 Å². The largest absolute Gasteiger partial charge is 0.289 e. The van der Waals surface area contributed by atoms with Gasteiger partial charge in [0.05, 0.1) is 0 Å². The minimum absolute atomic E-state index is 0.0633. The molecule has 3 heteroatoms. The van der Waals surface area contributed by atoms with Gasteiger partial charge in [0, 0.05) is 15.6 Å². The molecule has 0 saturated heterocycles. The minimum Gasteiger partial charge on any atom is -0.289 e. The third kappa shape index (κ3) is 3.22. The second-order valence-corrected chi connectivity index (χ2v) is 4.57. The second kappa shape index (κ2) is 5.85. The summed E-state index contributed by atoms with van der Waals surface area (Å²) in [5.41, 5.74) is 1.38. The minimum atomic E-state index is -0.0633. The van der Waals surface area contributed by atoms with Crippen LogP contribution in [-0.4, -0.2) is 5.78 Å². The quantitative estimate of drug-likeness (QED) is 0.576. The number of carbonyl (C=O) groups is 1. The van der Waals surface area contributed by atoms with E-state index in [1.54, 1.807) is 36.4 Å². The molecule has 1 nitrogen and oxygen atoms in total. The number of rotatable bonds is 3. The van der Waals surface area contributed by atoms with Crippen molar-refractivity contribution in [2.45, 2.75) is 0 Å². The van der Waals surface area contributed by atoms with Crippen LogP contribution in [0.15, 0.2) is 54.6 Å². The van der Waals surface area contributed by atoms with Gasteiger partial charge in [-0.2, -0.15) is 0 Å². The lowest BCUT2D eigenvalue weighted by molar-refractivity contribution is 0.104. The summed E-state index contributed by atoms with van der Waals surface area (Å²) in [5.74, 6) is -0.0633. The van der Waals surface area contributed by atoms with Crippen LogP contribution in [0.4, 0.5) is 0 Å². The fourth-order valence-corrected chi connectivity index (χ4v) is 1.87. The highest BCUT2D eigenvalue weighted by atomic mass is 35.5. The molecule has 0 fully saturated rings. The molecule has 0 amide bonds. The average Bonchev–Trinajstić information content (AvgIpc) is 2.40. The smallest absolute Gasteiger partial charge is 0.185 e. The Hall–Kier alpha value is -1.57. The van der Waals surface area contributed by atoms with Crippen molar-refractivity contribution in [3.63, 3.8) is 0 Å². The molecule has 0 aliphatic heterocycles. The first-order valence-corrected chi connectivity index (χ1v) is 6.15. The van der Waals surface area contributed by atoms with Gasteiger partial charge < -0.3 is 0 Å². The fraction of sp³-hybridized carbons (Fsp3) is 0. The fourth-order valence-electron chi connectivity index (χ4n) is 1.51. The van der Waals surface area contributed by atoms with E-state index in [2.05, 4.69) is 0 Å². The van der Waals surface area contributed by atoms with Gasteiger partial charge in [0.1, 0.15) is 0 Å². The third-order valence-corrected chi connectivity index (χ3v) is 3.01. The van der Waals surface area contributed by atoms with Gasteiger partial charge in [-0.05, 0) is 35.9 Å². The van der Waals surface area contributed by atoms with E-state index in [0.29, 0.717) is 15.6 Å². The topological polar surface area (TPSA) is 17.1 Å². The highest BCUT2D eigenvalue weighted by molar-refractivity contribution is 6.34. The Kier molecular flexibility index (Phi) is 4.19. The molecule has 0 radical (unpaired) electrons. The lowest BCUT2D eigenvalue weighted by Gasteiger charge is -1.99. The highest BCUT2D eigenvalue weighted by Gasteiger charge is 2.01. The van der Waals surface area contributed by atoms with Crippen LogP contribution in [0.3, 0.4) is 0 Å². The summed E-state index contributed by atoms with van der Waals surface area (Å²) in [6, 6.07) is 14.2. The van der Waals surface area contributed by atoms with Crippen LogP contribution in [0.25, 0.3) is 6.08 Å². The number of ketones is 1. The molecule has 0 unspecified atom stereocenters.